The molecular weight excluding hydrogens is 123 g/mol. The van der Waals surface area contributed by atoms with Crippen molar-refractivity contribution in [2.75, 3.05) is 0 Å². The number of hydrogen-bond donors (Lipinski definition) is 2. The van der Waals surface area contributed by atoms with E-state index >= 15 is 0 Å². The summed E-state index contributed by atoms with van der Waals surface area (Å²) in [4.78, 5) is 0. The van der Waals surface area contributed by atoms with Gasteiger partial charge in [-0.2, -0.15) is 0 Å². The minimum absolute atomic E-state index is 0. The first-order valence-corrected chi connectivity index (χ1v) is 0.516. The molecule has 0 aromatic heterocycles. The maximum Gasteiger partial charge on any atom is 0.482 e. The third-order valence-corrected chi connectivity index (χ3v) is 0. The lowest BCUT2D eigenvalue weighted by molar-refractivity contribution is 0.448. The molecule has 4 heavy (non-hydrogen) atoms. The summed E-state index contributed by atoms with van der Waals surface area (Å²) in [5.41, 5.74) is 0. The smallest absolute Gasteiger partial charge is 0.429 e. The molecular formula is H3BBrO2. The van der Waals surface area contributed by atoms with Gasteiger partial charge in [0, 0.05) is 0 Å². The van der Waals surface area contributed by atoms with Gasteiger partial charge in [-0.05, 0) is 0 Å². The number of hydrogen-bond acceptors (Lipinski definition) is 2. The van der Waals surface area contributed by atoms with Crippen molar-refractivity contribution in [3.63, 3.8) is 0 Å². The Bertz CT molecular complexity index is 6.00. The van der Waals surface area contributed by atoms with Crippen molar-refractivity contribution in [1.82, 2.24) is 0 Å². The van der Waals surface area contributed by atoms with Crippen molar-refractivity contribution in [2.24, 2.45) is 0 Å². The van der Waals surface area contributed by atoms with Gasteiger partial charge >= 0.3 is 7.69 Å². The molecule has 0 heterocycles. The fourth-order valence-electron chi connectivity index (χ4n) is 0. The zero-order chi connectivity index (χ0) is 2.71. The van der Waals surface area contributed by atoms with Crippen LogP contribution in [-0.2, 0) is 0 Å². The van der Waals surface area contributed by atoms with Gasteiger partial charge in [0.25, 0.3) is 0 Å². The fourth-order valence-corrected chi connectivity index (χ4v) is 0. The number of rotatable bonds is 0. The molecule has 0 aliphatic rings. The molecule has 2 N–H and O–H groups in total. The van der Waals surface area contributed by atoms with E-state index in [-0.39, 0.29) is 24.7 Å². The largest absolute Gasteiger partial charge is 0.482 e. The highest BCUT2D eigenvalue weighted by atomic mass is 79.9. The van der Waals surface area contributed by atoms with E-state index < -0.39 is 0 Å². The fraction of sp³-hybridized carbons (Fsp3) is 0. The normalized spacial score (nSPS) is 3.50. The first-order valence-electron chi connectivity index (χ1n) is 0.516. The summed E-state index contributed by atoms with van der Waals surface area (Å²) in [7, 11) is 0. The van der Waals surface area contributed by atoms with Crippen LogP contribution < -0.4 is 0 Å². The quantitative estimate of drug-likeness (QED) is 0.412. The first-order chi connectivity index (χ1) is 1.41. The molecule has 0 aromatic carbocycles. The molecule has 0 aliphatic carbocycles. The first kappa shape index (κ1) is 8.82. The van der Waals surface area contributed by atoms with Crippen molar-refractivity contribution < 1.29 is 10.0 Å². The molecule has 0 unspecified atom stereocenters. The second kappa shape index (κ2) is 9.81. The summed E-state index contributed by atoms with van der Waals surface area (Å²) in [6.45, 7) is 0. The molecule has 0 bridgehead atoms. The van der Waals surface area contributed by atoms with Crippen LogP contribution in [0, 0.1) is 0 Å². The molecule has 25 valence electrons. The Morgan fingerprint density at radius 3 is 1.25 bits per heavy atom. The van der Waals surface area contributed by atoms with Gasteiger partial charge in [-0.15, -0.1) is 17.0 Å². The van der Waals surface area contributed by atoms with E-state index in [4.69, 9.17) is 10.0 Å². The van der Waals surface area contributed by atoms with Crippen molar-refractivity contribution >= 4 is 24.7 Å². The second-order valence-corrected chi connectivity index (χ2v) is 0.115. The van der Waals surface area contributed by atoms with Crippen LogP contribution in [0.25, 0.3) is 0 Å². The highest BCUT2D eigenvalue weighted by Gasteiger charge is 1.51. The van der Waals surface area contributed by atoms with Crippen LogP contribution in [0.2, 0.25) is 0 Å². The lowest BCUT2D eigenvalue weighted by Crippen LogP contribution is -1.75. The molecule has 0 atom stereocenters. The minimum Gasteiger partial charge on any atom is -0.429 e. The van der Waals surface area contributed by atoms with E-state index in [1.54, 1.807) is 0 Å². The highest BCUT2D eigenvalue weighted by Crippen LogP contribution is 1.08. The van der Waals surface area contributed by atoms with E-state index in [2.05, 4.69) is 0 Å². The monoisotopic (exact) mass is 125 g/mol. The van der Waals surface area contributed by atoms with Gasteiger partial charge in [0.1, 0.15) is 0 Å². The van der Waals surface area contributed by atoms with Crippen LogP contribution in [-0.4, -0.2) is 17.7 Å². The van der Waals surface area contributed by atoms with Crippen molar-refractivity contribution in [3.05, 3.63) is 0 Å². The van der Waals surface area contributed by atoms with E-state index in [1.165, 1.54) is 0 Å². The molecule has 0 amide bonds. The van der Waals surface area contributed by atoms with Crippen LogP contribution in [0.1, 0.15) is 0 Å². The Balaban J connectivity index is 0. The number of halogens is 1. The summed E-state index contributed by atoms with van der Waals surface area (Å²) in [6.07, 6.45) is 0. The maximum atomic E-state index is 7.00. The van der Waals surface area contributed by atoms with Gasteiger partial charge in [0.2, 0.25) is 0 Å². The van der Waals surface area contributed by atoms with Crippen LogP contribution in [0.5, 0.6) is 0 Å². The van der Waals surface area contributed by atoms with Gasteiger partial charge < -0.3 is 10.0 Å². The third kappa shape index (κ3) is 24.5. The maximum absolute atomic E-state index is 7.00. The Morgan fingerprint density at radius 1 is 1.25 bits per heavy atom. The van der Waals surface area contributed by atoms with Gasteiger partial charge in [-0.3, -0.25) is 0 Å². The second-order valence-electron chi connectivity index (χ2n) is 0.115. The standard InChI is InChI=1S/BH2O2.BrH/c2-1-3;/h2-3H;1H. The summed E-state index contributed by atoms with van der Waals surface area (Å²) in [6, 6.07) is 0. The van der Waals surface area contributed by atoms with Gasteiger partial charge in [0.05, 0.1) is 0 Å². The van der Waals surface area contributed by atoms with Gasteiger partial charge in [0.15, 0.2) is 0 Å². The van der Waals surface area contributed by atoms with E-state index in [1.807, 2.05) is 0 Å². The molecule has 0 aliphatic heterocycles. The van der Waals surface area contributed by atoms with E-state index in [9.17, 15) is 0 Å². The molecule has 0 saturated heterocycles. The van der Waals surface area contributed by atoms with Crippen LogP contribution in [0.3, 0.4) is 0 Å². The molecule has 0 aromatic rings. The zero-order valence-electron chi connectivity index (χ0n) is 1.88. The SMILES string of the molecule is Br.O[B]O. The zero-order valence-corrected chi connectivity index (χ0v) is 3.59. The highest BCUT2D eigenvalue weighted by molar-refractivity contribution is 8.93. The summed E-state index contributed by atoms with van der Waals surface area (Å²) in [5, 5.41) is 14.0. The van der Waals surface area contributed by atoms with Crippen LogP contribution >= 0.6 is 17.0 Å². The van der Waals surface area contributed by atoms with Gasteiger partial charge in [-0.1, -0.05) is 0 Å². The molecule has 4 heteroatoms. The summed E-state index contributed by atoms with van der Waals surface area (Å²) < 4.78 is 0. The van der Waals surface area contributed by atoms with Gasteiger partial charge in [-0.25, -0.2) is 0 Å². The Morgan fingerprint density at radius 2 is 1.25 bits per heavy atom. The Labute approximate surface area is 35.5 Å². The Hall–Kier alpha value is 0.465. The van der Waals surface area contributed by atoms with Crippen LogP contribution in [0.4, 0.5) is 0 Å². The summed E-state index contributed by atoms with van der Waals surface area (Å²) >= 11 is 0. The van der Waals surface area contributed by atoms with E-state index in [0.717, 1.165) is 0 Å². The predicted octanol–water partition coefficient (Wildman–Crippen LogP) is -0.917. The summed E-state index contributed by atoms with van der Waals surface area (Å²) in [5.74, 6) is 0. The molecule has 0 spiro atoms. The molecule has 2 nitrogen and oxygen atoms in total. The van der Waals surface area contributed by atoms with Crippen molar-refractivity contribution in [2.45, 2.75) is 0 Å². The molecule has 1 radical (unpaired) electrons. The molecule has 0 fully saturated rings. The Kier molecular flexibility index (Phi) is 21.6. The third-order valence-electron chi connectivity index (χ3n) is 0. The minimum atomic E-state index is 0. The lowest BCUT2D eigenvalue weighted by Gasteiger charge is -1.46. The lowest BCUT2D eigenvalue weighted by atomic mass is 10.5. The molecule has 0 saturated carbocycles. The van der Waals surface area contributed by atoms with Crippen molar-refractivity contribution in [3.8, 4) is 0 Å². The predicted molar refractivity (Wildman–Crippen MR) is 20.5 cm³/mol. The average Bonchev–Trinajstić information content (AvgIpc) is 0.918. The average molecular weight is 126 g/mol. The van der Waals surface area contributed by atoms with E-state index in [0.29, 0.717) is 0 Å². The topological polar surface area (TPSA) is 40.5 Å². The van der Waals surface area contributed by atoms with Crippen molar-refractivity contribution in [1.29, 1.82) is 0 Å². The van der Waals surface area contributed by atoms with Crippen LogP contribution in [0.15, 0.2) is 0 Å². The molecule has 0 rings (SSSR count).